The SMILES string of the molecule is CN(C)C1C(=O)C(C(N)=O)=C(O)C2(O)C(O)C3C(=O)c4c(cc(I)c(N)c4O)CC3CC12. The van der Waals surface area contributed by atoms with Crippen molar-refractivity contribution in [3.63, 3.8) is 0 Å². The van der Waals surface area contributed by atoms with E-state index in [0.29, 0.717) is 15.6 Å². The number of phenolic OH excluding ortho intramolecular Hbond substituents is 1. The smallest absolute Gasteiger partial charge is 0.255 e. The van der Waals surface area contributed by atoms with Gasteiger partial charge in [0, 0.05) is 9.49 Å². The zero-order chi connectivity index (χ0) is 23.9. The Morgan fingerprint density at radius 3 is 2.44 bits per heavy atom. The van der Waals surface area contributed by atoms with Crippen LogP contribution in [-0.4, -0.2) is 74.6 Å². The van der Waals surface area contributed by atoms with Crippen LogP contribution in [0.25, 0.3) is 0 Å². The first-order chi connectivity index (χ1) is 14.8. The number of hydrogen-bond donors (Lipinski definition) is 6. The van der Waals surface area contributed by atoms with Crippen molar-refractivity contribution in [1.29, 1.82) is 0 Å². The number of benzene rings is 1. The predicted molar refractivity (Wildman–Crippen MR) is 121 cm³/mol. The largest absolute Gasteiger partial charge is 0.508 e. The summed E-state index contributed by atoms with van der Waals surface area (Å²) in [6, 6.07) is 0.648. The zero-order valence-corrected chi connectivity index (χ0v) is 19.5. The molecule has 8 N–H and O–H groups in total. The third-order valence-electron chi connectivity index (χ3n) is 7.14. The van der Waals surface area contributed by atoms with Gasteiger partial charge in [-0.05, 0) is 67.1 Å². The van der Waals surface area contributed by atoms with Crippen LogP contribution in [0, 0.1) is 21.3 Å². The van der Waals surface area contributed by atoms with Crippen LogP contribution in [0.5, 0.6) is 5.75 Å². The molecule has 1 fully saturated rings. The van der Waals surface area contributed by atoms with E-state index < -0.39 is 64.3 Å². The Morgan fingerprint density at radius 2 is 1.88 bits per heavy atom. The number of likely N-dealkylation sites (N-methyl/N-ethyl adjacent to an activating group) is 1. The van der Waals surface area contributed by atoms with Crippen molar-refractivity contribution in [2.45, 2.75) is 30.6 Å². The van der Waals surface area contributed by atoms with Crippen LogP contribution in [-0.2, 0) is 16.0 Å². The van der Waals surface area contributed by atoms with Gasteiger partial charge in [-0.2, -0.15) is 0 Å². The molecular formula is C21H24IN3O7. The maximum atomic E-state index is 13.4. The molecule has 3 aliphatic rings. The lowest BCUT2D eigenvalue weighted by Gasteiger charge is -2.55. The van der Waals surface area contributed by atoms with Gasteiger partial charge in [0.15, 0.2) is 22.9 Å². The molecule has 6 unspecified atom stereocenters. The first-order valence-corrected chi connectivity index (χ1v) is 11.1. The number of fused-ring (bicyclic) bond motifs is 3. The number of Topliss-reactive ketones (excluding diaryl/α,β-unsaturated/α-hetero) is 2. The second-order valence-corrected chi connectivity index (χ2v) is 10.1. The maximum Gasteiger partial charge on any atom is 0.255 e. The van der Waals surface area contributed by atoms with Crippen LogP contribution in [0.3, 0.4) is 0 Å². The molecule has 11 heteroatoms. The topological polar surface area (TPSA) is 187 Å². The summed E-state index contributed by atoms with van der Waals surface area (Å²) in [5.41, 5.74) is 8.51. The summed E-state index contributed by atoms with van der Waals surface area (Å²) in [4.78, 5) is 39.9. The number of nitrogens with zero attached hydrogens (tertiary/aromatic N) is 1. The van der Waals surface area contributed by atoms with E-state index in [0.717, 1.165) is 0 Å². The third-order valence-corrected chi connectivity index (χ3v) is 8.03. The van der Waals surface area contributed by atoms with E-state index in [4.69, 9.17) is 11.5 Å². The number of aliphatic hydroxyl groups is 3. The fourth-order valence-corrected chi connectivity index (χ4v) is 6.36. The maximum absolute atomic E-state index is 13.4. The van der Waals surface area contributed by atoms with E-state index in [9.17, 15) is 34.8 Å². The molecule has 0 saturated heterocycles. The standard InChI is InChI=1S/C21H24IN3O7/c1-25(2)14-8-4-6-3-7-5-9(22)13(23)16(27)10(7)15(26)11(6)18(29)21(8,32)19(30)12(17(14)28)20(24)31/h5-6,8,11,14,18,27,29-30,32H,3-4,23H2,1-2H3,(H2,24,31). The number of hydrogen-bond acceptors (Lipinski definition) is 9. The molecule has 10 nitrogen and oxygen atoms in total. The first-order valence-electron chi connectivity index (χ1n) is 10.0. The van der Waals surface area contributed by atoms with Gasteiger partial charge < -0.3 is 31.9 Å². The Hall–Kier alpha value is -2.22. The lowest BCUT2D eigenvalue weighted by atomic mass is 9.54. The molecule has 1 aromatic carbocycles. The Labute approximate surface area is 197 Å². The number of phenols is 1. The number of aliphatic hydroxyl groups excluding tert-OH is 2. The van der Waals surface area contributed by atoms with Gasteiger partial charge in [-0.15, -0.1) is 0 Å². The summed E-state index contributed by atoms with van der Waals surface area (Å²) in [7, 11) is 3.15. The molecule has 1 saturated carbocycles. The highest BCUT2D eigenvalue weighted by atomic mass is 127. The number of amides is 1. The van der Waals surface area contributed by atoms with Crippen LogP contribution in [0.2, 0.25) is 0 Å². The summed E-state index contributed by atoms with van der Waals surface area (Å²) in [5, 5.41) is 44.1. The zero-order valence-electron chi connectivity index (χ0n) is 17.4. The highest BCUT2D eigenvalue weighted by Crippen LogP contribution is 2.54. The second kappa shape index (κ2) is 7.40. The summed E-state index contributed by atoms with van der Waals surface area (Å²) < 4.78 is 0.573. The molecule has 0 heterocycles. The molecule has 1 aromatic rings. The molecule has 0 aromatic heterocycles. The first kappa shape index (κ1) is 23.0. The van der Waals surface area contributed by atoms with Gasteiger partial charge >= 0.3 is 0 Å². The highest BCUT2D eigenvalue weighted by Gasteiger charge is 2.65. The minimum atomic E-state index is -2.45. The average Bonchev–Trinajstić information content (AvgIpc) is 2.68. The van der Waals surface area contributed by atoms with E-state index in [1.54, 1.807) is 20.2 Å². The number of aromatic hydroxyl groups is 1. The van der Waals surface area contributed by atoms with Crippen molar-refractivity contribution in [3.05, 3.63) is 32.1 Å². The summed E-state index contributed by atoms with van der Waals surface area (Å²) >= 11 is 1.95. The lowest BCUT2D eigenvalue weighted by Crippen LogP contribution is -2.69. The molecular weight excluding hydrogens is 533 g/mol. The Balaban J connectivity index is 1.91. The van der Waals surface area contributed by atoms with Crippen LogP contribution in [0.15, 0.2) is 17.4 Å². The van der Waals surface area contributed by atoms with Crippen LogP contribution in [0.1, 0.15) is 22.3 Å². The number of anilines is 1. The van der Waals surface area contributed by atoms with Gasteiger partial charge in [-0.1, -0.05) is 0 Å². The quantitative estimate of drug-likeness (QED) is 0.120. The average molecular weight is 557 g/mol. The fraction of sp³-hybridized carbons (Fsp3) is 0.476. The van der Waals surface area contributed by atoms with Crippen LogP contribution < -0.4 is 11.5 Å². The number of nitrogens with two attached hydrogens (primary N) is 2. The molecule has 6 atom stereocenters. The van der Waals surface area contributed by atoms with Gasteiger partial charge in [-0.3, -0.25) is 19.3 Å². The predicted octanol–water partition coefficient (Wildman–Crippen LogP) is -0.528. The van der Waals surface area contributed by atoms with Crippen molar-refractivity contribution < 1.29 is 34.8 Å². The highest BCUT2D eigenvalue weighted by molar-refractivity contribution is 14.1. The van der Waals surface area contributed by atoms with Crippen LogP contribution in [0.4, 0.5) is 5.69 Å². The Morgan fingerprint density at radius 1 is 1.25 bits per heavy atom. The van der Waals surface area contributed by atoms with E-state index in [2.05, 4.69) is 0 Å². The summed E-state index contributed by atoms with van der Waals surface area (Å²) in [5.74, 6) is -6.69. The van der Waals surface area contributed by atoms with Gasteiger partial charge in [0.1, 0.15) is 17.4 Å². The molecule has 0 radical (unpaired) electrons. The number of primary amides is 1. The number of rotatable bonds is 2. The van der Waals surface area contributed by atoms with E-state index in [1.165, 1.54) is 4.90 Å². The Kier molecular flexibility index (Phi) is 5.31. The fourth-order valence-electron chi connectivity index (χ4n) is 5.72. The Bertz CT molecular complexity index is 1100. The molecule has 1 amide bonds. The number of halogens is 1. The van der Waals surface area contributed by atoms with Gasteiger partial charge in [0.2, 0.25) is 0 Å². The molecule has 0 spiro atoms. The molecule has 172 valence electrons. The monoisotopic (exact) mass is 557 g/mol. The van der Waals surface area contributed by atoms with Crippen molar-refractivity contribution in [3.8, 4) is 5.75 Å². The van der Waals surface area contributed by atoms with Gasteiger partial charge in [-0.25, -0.2) is 0 Å². The van der Waals surface area contributed by atoms with Crippen molar-refractivity contribution in [2.75, 3.05) is 19.8 Å². The van der Waals surface area contributed by atoms with Crippen molar-refractivity contribution in [2.24, 2.45) is 23.5 Å². The lowest BCUT2D eigenvalue weighted by molar-refractivity contribution is -0.183. The third kappa shape index (κ3) is 2.84. The number of carbonyl (C=O) groups is 3. The van der Waals surface area contributed by atoms with E-state index in [-0.39, 0.29) is 23.4 Å². The minimum Gasteiger partial charge on any atom is -0.508 e. The molecule has 0 bridgehead atoms. The molecule has 3 aliphatic carbocycles. The number of carbonyl (C=O) groups excluding carboxylic acids is 3. The number of ketones is 2. The van der Waals surface area contributed by atoms with E-state index in [1.807, 2.05) is 22.6 Å². The second-order valence-electron chi connectivity index (χ2n) is 8.98. The normalized spacial score (nSPS) is 34.2. The van der Waals surface area contributed by atoms with Crippen LogP contribution >= 0.6 is 22.6 Å². The van der Waals surface area contributed by atoms with Gasteiger partial charge in [0.05, 0.1) is 23.2 Å². The number of nitrogen functional groups attached to an aromatic ring is 1. The molecule has 0 aliphatic heterocycles. The summed E-state index contributed by atoms with van der Waals surface area (Å²) in [6.45, 7) is 0. The molecule has 4 rings (SSSR count). The summed E-state index contributed by atoms with van der Waals surface area (Å²) in [6.07, 6.45) is -1.45. The van der Waals surface area contributed by atoms with Crippen molar-refractivity contribution in [1.82, 2.24) is 4.90 Å². The minimum absolute atomic E-state index is 0.0279. The van der Waals surface area contributed by atoms with Gasteiger partial charge in [0.25, 0.3) is 5.91 Å². The molecule has 32 heavy (non-hydrogen) atoms. The van der Waals surface area contributed by atoms with Crippen molar-refractivity contribution >= 4 is 45.8 Å². The van der Waals surface area contributed by atoms with E-state index >= 15 is 0 Å².